The second-order valence-corrected chi connectivity index (χ2v) is 9.78. The van der Waals surface area contributed by atoms with E-state index < -0.39 is 16.0 Å². The second-order valence-electron chi connectivity index (χ2n) is 7.31. The summed E-state index contributed by atoms with van der Waals surface area (Å²) in [6.07, 6.45) is 3.64. The molecular weight excluding hydrogens is 452 g/mol. The lowest BCUT2D eigenvalue weighted by Crippen LogP contribution is -2.33. The molecule has 168 valence electrons. The van der Waals surface area contributed by atoms with Crippen molar-refractivity contribution in [1.29, 1.82) is 0 Å². The van der Waals surface area contributed by atoms with Crippen molar-refractivity contribution in [3.05, 3.63) is 59.2 Å². The monoisotopic (exact) mass is 474 g/mol. The Morgan fingerprint density at radius 2 is 2.03 bits per heavy atom. The van der Waals surface area contributed by atoms with E-state index in [-0.39, 0.29) is 22.0 Å². The van der Waals surface area contributed by atoms with Crippen LogP contribution < -0.4 is 14.4 Å². The van der Waals surface area contributed by atoms with Crippen molar-refractivity contribution < 1.29 is 23.1 Å². The van der Waals surface area contributed by atoms with Crippen molar-refractivity contribution in [1.82, 2.24) is 9.97 Å². The van der Waals surface area contributed by atoms with Crippen LogP contribution in [0.25, 0.3) is 0 Å². The summed E-state index contributed by atoms with van der Waals surface area (Å²) in [5.74, 6) is -0.632. The molecule has 1 fully saturated rings. The van der Waals surface area contributed by atoms with E-state index in [0.29, 0.717) is 11.0 Å². The van der Waals surface area contributed by atoms with Crippen molar-refractivity contribution in [3.8, 4) is 5.75 Å². The first kappa shape index (κ1) is 22.0. The smallest absolute Gasteiger partial charge is 0.335 e. The molecular formula is C21H22N4O5S2. The summed E-state index contributed by atoms with van der Waals surface area (Å²) >= 11 is 1.28. The van der Waals surface area contributed by atoms with Crippen LogP contribution in [0.5, 0.6) is 5.75 Å². The molecule has 3 heterocycles. The van der Waals surface area contributed by atoms with Gasteiger partial charge in [0.05, 0.1) is 18.4 Å². The topological polar surface area (TPSA) is 122 Å². The minimum absolute atomic E-state index is 0.00477. The molecule has 2 N–H and O–H groups in total. The summed E-state index contributed by atoms with van der Waals surface area (Å²) in [5.41, 5.74) is 1.22. The molecule has 0 unspecified atom stereocenters. The van der Waals surface area contributed by atoms with Crippen molar-refractivity contribution in [2.24, 2.45) is 0 Å². The number of piperidine rings is 1. The van der Waals surface area contributed by atoms with Crippen LogP contribution in [0.1, 0.15) is 34.8 Å². The van der Waals surface area contributed by atoms with Gasteiger partial charge < -0.3 is 14.7 Å². The number of nitrogens with one attached hydrogen (secondary N) is 1. The standard InChI is InChI=1S/C21H22N4O5S2/c1-30-18-12-15(20(26)27)5-6-17(18)24-32(28,29)19-13-31-21(23-19)25-10-7-14(8-11-25)16-4-2-3-9-22-16/h2-6,9,12-14,24H,7-8,10-11H2,1H3,(H,26,27). The number of pyridine rings is 1. The van der Waals surface area contributed by atoms with E-state index in [0.717, 1.165) is 31.6 Å². The fourth-order valence-electron chi connectivity index (χ4n) is 3.61. The van der Waals surface area contributed by atoms with Gasteiger partial charge >= 0.3 is 5.97 Å². The maximum absolute atomic E-state index is 12.9. The minimum atomic E-state index is -3.97. The van der Waals surface area contributed by atoms with Gasteiger partial charge in [0.25, 0.3) is 10.0 Å². The van der Waals surface area contributed by atoms with Crippen LogP contribution in [0, 0.1) is 0 Å². The van der Waals surface area contributed by atoms with Gasteiger partial charge in [0.2, 0.25) is 0 Å². The summed E-state index contributed by atoms with van der Waals surface area (Å²) in [4.78, 5) is 22.0. The Bertz CT molecular complexity index is 1210. The number of benzene rings is 1. The molecule has 32 heavy (non-hydrogen) atoms. The largest absolute Gasteiger partial charge is 0.495 e. The zero-order valence-electron chi connectivity index (χ0n) is 17.3. The molecule has 11 heteroatoms. The van der Waals surface area contributed by atoms with Gasteiger partial charge in [-0.2, -0.15) is 8.42 Å². The third kappa shape index (κ3) is 4.68. The molecule has 0 amide bonds. The number of thiazole rings is 1. The zero-order chi connectivity index (χ0) is 22.7. The van der Waals surface area contributed by atoms with Crippen LogP contribution in [-0.2, 0) is 10.0 Å². The fourth-order valence-corrected chi connectivity index (χ4v) is 5.83. The van der Waals surface area contributed by atoms with E-state index in [1.165, 1.54) is 42.0 Å². The Balaban J connectivity index is 1.46. The zero-order valence-corrected chi connectivity index (χ0v) is 18.9. The number of hydrogen-bond donors (Lipinski definition) is 2. The highest BCUT2D eigenvalue weighted by Gasteiger charge is 2.26. The fraction of sp³-hybridized carbons (Fsp3) is 0.286. The highest BCUT2D eigenvalue weighted by molar-refractivity contribution is 7.92. The first-order valence-electron chi connectivity index (χ1n) is 9.93. The average Bonchev–Trinajstić information content (AvgIpc) is 3.31. The summed E-state index contributed by atoms with van der Waals surface area (Å²) in [6.45, 7) is 1.54. The lowest BCUT2D eigenvalue weighted by atomic mass is 9.93. The molecule has 0 spiro atoms. The number of rotatable bonds is 7. The number of nitrogens with zero attached hydrogens (tertiary/aromatic N) is 3. The number of methoxy groups -OCH3 is 1. The summed E-state index contributed by atoms with van der Waals surface area (Å²) in [6, 6.07) is 9.86. The quantitative estimate of drug-likeness (QED) is 0.534. The maximum atomic E-state index is 12.9. The van der Waals surface area contributed by atoms with E-state index in [1.807, 2.05) is 18.2 Å². The van der Waals surface area contributed by atoms with Crippen LogP contribution in [0.2, 0.25) is 0 Å². The second kappa shape index (κ2) is 9.13. The first-order valence-corrected chi connectivity index (χ1v) is 12.3. The number of sulfonamides is 1. The van der Waals surface area contributed by atoms with Gasteiger partial charge in [0.15, 0.2) is 10.2 Å². The summed E-state index contributed by atoms with van der Waals surface area (Å²) in [5, 5.41) is 11.2. The highest BCUT2D eigenvalue weighted by atomic mass is 32.2. The number of carbonyl (C=O) groups is 1. The van der Waals surface area contributed by atoms with Crippen LogP contribution in [0.15, 0.2) is 53.0 Å². The van der Waals surface area contributed by atoms with E-state index in [4.69, 9.17) is 9.84 Å². The Morgan fingerprint density at radius 3 is 2.69 bits per heavy atom. The van der Waals surface area contributed by atoms with E-state index >= 15 is 0 Å². The molecule has 0 aliphatic carbocycles. The third-order valence-corrected chi connectivity index (χ3v) is 7.61. The van der Waals surface area contributed by atoms with E-state index in [2.05, 4.69) is 19.6 Å². The Morgan fingerprint density at radius 1 is 1.25 bits per heavy atom. The number of anilines is 2. The minimum Gasteiger partial charge on any atom is -0.495 e. The van der Waals surface area contributed by atoms with Crippen molar-refractivity contribution in [2.45, 2.75) is 23.8 Å². The molecule has 1 aromatic carbocycles. The predicted octanol–water partition coefficient (Wildman–Crippen LogP) is 3.43. The normalized spacial score (nSPS) is 14.8. The Hall–Kier alpha value is -3.18. The van der Waals surface area contributed by atoms with Gasteiger partial charge in [-0.05, 0) is 43.2 Å². The van der Waals surface area contributed by atoms with Gasteiger partial charge in [-0.1, -0.05) is 6.07 Å². The molecule has 3 aromatic rings. The van der Waals surface area contributed by atoms with Gasteiger partial charge in [-0.15, -0.1) is 11.3 Å². The molecule has 0 atom stereocenters. The first-order chi connectivity index (χ1) is 15.4. The van der Waals surface area contributed by atoms with Gasteiger partial charge in [0, 0.05) is 36.3 Å². The number of aromatic carboxylic acids is 1. The van der Waals surface area contributed by atoms with Crippen LogP contribution >= 0.6 is 11.3 Å². The van der Waals surface area contributed by atoms with Crippen LogP contribution in [0.3, 0.4) is 0 Å². The van der Waals surface area contributed by atoms with Crippen molar-refractivity contribution in [2.75, 3.05) is 29.8 Å². The average molecular weight is 475 g/mol. The molecule has 9 nitrogen and oxygen atoms in total. The molecule has 0 saturated carbocycles. The molecule has 4 rings (SSSR count). The summed E-state index contributed by atoms with van der Waals surface area (Å²) in [7, 11) is -2.62. The number of hydrogen-bond acceptors (Lipinski definition) is 8. The Kier molecular flexibility index (Phi) is 6.28. The Labute approximate surface area is 189 Å². The van der Waals surface area contributed by atoms with Crippen molar-refractivity contribution in [3.63, 3.8) is 0 Å². The molecule has 2 aromatic heterocycles. The van der Waals surface area contributed by atoms with Gasteiger partial charge in [-0.25, -0.2) is 9.78 Å². The molecule has 1 aliphatic rings. The predicted molar refractivity (Wildman–Crippen MR) is 121 cm³/mol. The number of aromatic nitrogens is 2. The van der Waals surface area contributed by atoms with E-state index in [1.54, 1.807) is 6.20 Å². The summed E-state index contributed by atoms with van der Waals surface area (Å²) < 4.78 is 33.3. The number of carboxylic acid groups (broad SMARTS) is 1. The highest BCUT2D eigenvalue weighted by Crippen LogP contribution is 2.33. The molecule has 0 bridgehead atoms. The number of ether oxygens (including phenoxy) is 1. The third-order valence-electron chi connectivity index (χ3n) is 5.31. The van der Waals surface area contributed by atoms with Gasteiger partial charge in [-0.3, -0.25) is 9.71 Å². The number of carboxylic acids is 1. The van der Waals surface area contributed by atoms with Crippen molar-refractivity contribution >= 4 is 38.1 Å². The SMILES string of the molecule is COc1cc(C(=O)O)ccc1NS(=O)(=O)c1csc(N2CCC(c3ccccn3)CC2)n1. The molecule has 1 aliphatic heterocycles. The molecule has 0 radical (unpaired) electrons. The van der Waals surface area contributed by atoms with E-state index in [9.17, 15) is 13.2 Å². The lowest BCUT2D eigenvalue weighted by molar-refractivity contribution is 0.0696. The maximum Gasteiger partial charge on any atom is 0.335 e. The van der Waals surface area contributed by atoms with Crippen LogP contribution in [-0.4, -0.2) is 49.7 Å². The lowest BCUT2D eigenvalue weighted by Gasteiger charge is -2.31. The molecule has 1 saturated heterocycles. The van der Waals surface area contributed by atoms with Gasteiger partial charge in [0.1, 0.15) is 5.75 Å². The van der Waals surface area contributed by atoms with Crippen LogP contribution in [0.4, 0.5) is 10.8 Å².